The molecule has 4 heteroatoms. The Bertz CT molecular complexity index is 6.00. The average molecular weight is 381 g/mol. The Kier molecular flexibility index (Phi) is 132. The summed E-state index contributed by atoms with van der Waals surface area (Å²) in [6, 6.07) is 0. The van der Waals surface area contributed by atoms with Crippen LogP contribution in [-0.2, 0) is 22.4 Å². The predicted octanol–water partition coefficient (Wildman–Crippen LogP) is -1.14. The molecule has 0 unspecified atom stereocenters. The quantitative estimate of drug-likeness (QED) is 0.466. The van der Waals surface area contributed by atoms with Crippen molar-refractivity contribution in [2.75, 3.05) is 0 Å². The molecule has 0 rings (SSSR count). The first-order chi connectivity index (χ1) is 0. The van der Waals surface area contributed by atoms with Crippen LogP contribution in [0.5, 0.6) is 0 Å². The van der Waals surface area contributed by atoms with E-state index in [4.69, 9.17) is 0 Å². The van der Waals surface area contributed by atoms with Gasteiger partial charge in [-0.05, 0) is 0 Å². The number of rotatable bonds is 0. The largest absolute Gasteiger partial charge is 3.00 e. The molecule has 0 amide bonds. The Morgan fingerprint density at radius 3 is 0.750 bits per heavy atom. The summed E-state index contributed by atoms with van der Waals surface area (Å²) < 4.78 is 0. The van der Waals surface area contributed by atoms with E-state index in [0.717, 1.165) is 0 Å². The van der Waals surface area contributed by atoms with Crippen molar-refractivity contribution in [3.8, 4) is 0 Å². The molecule has 0 spiro atoms. The number of hydrogen-bond acceptors (Lipinski definition) is 0. The van der Waals surface area contributed by atoms with Gasteiger partial charge in [0.25, 0.3) is 0 Å². The molecule has 26 valence electrons. The van der Waals surface area contributed by atoms with E-state index in [1.54, 1.807) is 0 Å². The molecule has 0 heterocycles. The van der Waals surface area contributed by atoms with Crippen molar-refractivity contribution in [1.29, 1.82) is 0 Å². The van der Waals surface area contributed by atoms with Crippen LogP contribution in [-0.4, -0.2) is 60.0 Å². The molecule has 0 atom stereocenters. The zero-order valence-corrected chi connectivity index (χ0v) is 9.90. The van der Waals surface area contributed by atoms with Gasteiger partial charge in [0.1, 0.15) is 0 Å². The third-order valence-corrected chi connectivity index (χ3v) is 0. The molecule has 0 aromatic heterocycles. The SMILES string of the molecule is [Ag+].[In+3].[Se-2].[Se-2]. The molecule has 4 heavy (non-hydrogen) atoms. The van der Waals surface area contributed by atoms with E-state index in [2.05, 4.69) is 0 Å². The van der Waals surface area contributed by atoms with Crippen molar-refractivity contribution in [2.45, 2.75) is 0 Å². The van der Waals surface area contributed by atoms with Crippen LogP contribution in [0.15, 0.2) is 0 Å². The zero-order valence-electron chi connectivity index (χ0n) is 1.70. The fourth-order valence-corrected chi connectivity index (χ4v) is 0. The first-order valence-electron chi connectivity index (χ1n) is 0. The van der Waals surface area contributed by atoms with Gasteiger partial charge in [0.2, 0.25) is 0 Å². The summed E-state index contributed by atoms with van der Waals surface area (Å²) in [5.41, 5.74) is 0. The van der Waals surface area contributed by atoms with E-state index in [1.165, 1.54) is 0 Å². The minimum Gasteiger partial charge on any atom is -2.00 e. The van der Waals surface area contributed by atoms with Crippen LogP contribution in [0.3, 0.4) is 0 Å². The van der Waals surface area contributed by atoms with Crippen LogP contribution in [0.4, 0.5) is 0 Å². The normalized spacial score (nSPS) is 0. The Hall–Kier alpha value is 2.65. The van der Waals surface area contributed by atoms with Crippen molar-refractivity contribution >= 4 is 60.0 Å². The van der Waals surface area contributed by atoms with Crippen molar-refractivity contribution in [3.05, 3.63) is 0 Å². The molecule has 0 bridgehead atoms. The second-order valence-corrected chi connectivity index (χ2v) is 0. The topological polar surface area (TPSA) is 0 Å². The van der Waals surface area contributed by atoms with Crippen molar-refractivity contribution in [3.63, 3.8) is 0 Å². The number of hydrogen-bond donors (Lipinski definition) is 0. The maximum absolute atomic E-state index is 0. The average Bonchev–Trinajstić information content (AvgIpc) is 0. The summed E-state index contributed by atoms with van der Waals surface area (Å²) in [7, 11) is 0. The van der Waals surface area contributed by atoms with Gasteiger partial charge in [0, 0.05) is 0 Å². The second-order valence-electron chi connectivity index (χ2n) is 0. The fraction of sp³-hybridized carbons (Fsp3) is 0. The van der Waals surface area contributed by atoms with Gasteiger partial charge in [-0.1, -0.05) is 0 Å². The van der Waals surface area contributed by atoms with E-state index in [0.29, 0.717) is 0 Å². The summed E-state index contributed by atoms with van der Waals surface area (Å²) in [5.74, 6) is 0. The maximum Gasteiger partial charge on any atom is 3.00 e. The minimum absolute atomic E-state index is 0. The minimum atomic E-state index is 0. The van der Waals surface area contributed by atoms with E-state index in [1.807, 2.05) is 0 Å². The standard InChI is InChI=1S/Ag.In.2Se/q+1;+3;2*-2. The van der Waals surface area contributed by atoms with E-state index < -0.39 is 0 Å². The first-order valence-corrected chi connectivity index (χ1v) is 0. The smallest absolute Gasteiger partial charge is 2.00 e. The van der Waals surface area contributed by atoms with Gasteiger partial charge >= 0.3 is 48.2 Å². The third-order valence-electron chi connectivity index (χ3n) is 0. The molecule has 0 aliphatic rings. The van der Waals surface area contributed by atoms with Gasteiger partial charge < -0.3 is 34.1 Å². The van der Waals surface area contributed by atoms with Crippen LogP contribution in [0.1, 0.15) is 0 Å². The summed E-state index contributed by atoms with van der Waals surface area (Å²) in [5, 5.41) is 0. The molecular weight excluding hydrogens is 381 g/mol. The first kappa shape index (κ1) is 30.2. The van der Waals surface area contributed by atoms with Crippen molar-refractivity contribution in [2.24, 2.45) is 0 Å². The van der Waals surface area contributed by atoms with Gasteiger partial charge in [0.05, 0.1) is 0 Å². The fourth-order valence-electron chi connectivity index (χ4n) is 0. The summed E-state index contributed by atoms with van der Waals surface area (Å²) >= 11 is 0. The van der Waals surface area contributed by atoms with Crippen LogP contribution in [0.2, 0.25) is 0 Å². The molecule has 0 aliphatic carbocycles. The molecule has 0 saturated carbocycles. The molecule has 0 saturated heterocycles. The van der Waals surface area contributed by atoms with Crippen LogP contribution in [0, 0.1) is 0 Å². The van der Waals surface area contributed by atoms with Gasteiger partial charge in [-0.15, -0.1) is 0 Å². The van der Waals surface area contributed by atoms with E-state index >= 15 is 0 Å². The van der Waals surface area contributed by atoms with E-state index in [-0.39, 0.29) is 82.4 Å². The van der Waals surface area contributed by atoms with Crippen molar-refractivity contribution < 1.29 is 22.4 Å². The van der Waals surface area contributed by atoms with Crippen LogP contribution < -0.4 is 0 Å². The third kappa shape index (κ3) is 8.82. The van der Waals surface area contributed by atoms with Gasteiger partial charge in [-0.25, -0.2) is 0 Å². The Balaban J connectivity index is 0. The Labute approximate surface area is 81.1 Å². The molecule has 0 aliphatic heterocycles. The monoisotopic (exact) mass is 382 g/mol. The molecule has 0 aromatic carbocycles. The molecule has 0 radical (unpaired) electrons. The van der Waals surface area contributed by atoms with Crippen LogP contribution in [0.25, 0.3) is 0 Å². The molecule has 0 fully saturated rings. The van der Waals surface area contributed by atoms with Crippen LogP contribution >= 0.6 is 0 Å². The van der Waals surface area contributed by atoms with Gasteiger partial charge in [-0.2, -0.15) is 0 Å². The summed E-state index contributed by atoms with van der Waals surface area (Å²) in [6.07, 6.45) is 0. The Morgan fingerprint density at radius 1 is 0.750 bits per heavy atom. The van der Waals surface area contributed by atoms with Crippen molar-refractivity contribution in [1.82, 2.24) is 0 Å². The molecule has 0 nitrogen and oxygen atoms in total. The van der Waals surface area contributed by atoms with Gasteiger partial charge in [-0.3, -0.25) is 0 Å². The summed E-state index contributed by atoms with van der Waals surface area (Å²) in [4.78, 5) is 0. The Morgan fingerprint density at radius 2 is 0.750 bits per heavy atom. The predicted molar refractivity (Wildman–Crippen MR) is 17.3 cm³/mol. The second kappa shape index (κ2) is 17.4. The molecule has 0 N–H and O–H groups in total. The molecular formula is AgInSe2. The molecule has 0 aromatic rings. The maximum atomic E-state index is 0. The van der Waals surface area contributed by atoms with E-state index in [9.17, 15) is 0 Å². The summed E-state index contributed by atoms with van der Waals surface area (Å²) in [6.45, 7) is 0. The van der Waals surface area contributed by atoms with Gasteiger partial charge in [0.15, 0.2) is 0 Å². The zero-order chi connectivity index (χ0) is 0.